The Kier molecular flexibility index (Phi) is 5.23. The van der Waals surface area contributed by atoms with Crippen molar-refractivity contribution in [3.8, 4) is 0 Å². The van der Waals surface area contributed by atoms with Crippen molar-refractivity contribution in [2.24, 2.45) is 0 Å². The lowest BCUT2D eigenvalue weighted by Gasteiger charge is -2.13. The molecule has 142 valence electrons. The molecule has 0 unspecified atom stereocenters. The molecule has 28 heavy (non-hydrogen) atoms. The molecule has 4 rings (SSSR count). The van der Waals surface area contributed by atoms with Crippen molar-refractivity contribution >= 4 is 33.3 Å². The van der Waals surface area contributed by atoms with E-state index in [1.807, 2.05) is 0 Å². The summed E-state index contributed by atoms with van der Waals surface area (Å²) in [6, 6.07) is 11.1. The number of thiophene rings is 1. The molecular formula is C20H13F3N2OS2. The molecule has 2 aromatic carbocycles. The van der Waals surface area contributed by atoms with Crippen LogP contribution in [-0.4, -0.2) is 9.55 Å². The van der Waals surface area contributed by atoms with Gasteiger partial charge < -0.3 is 0 Å². The fourth-order valence-electron chi connectivity index (χ4n) is 2.77. The van der Waals surface area contributed by atoms with Gasteiger partial charge in [-0.3, -0.25) is 9.36 Å². The lowest BCUT2D eigenvalue weighted by Crippen LogP contribution is -2.23. The van der Waals surface area contributed by atoms with E-state index in [9.17, 15) is 18.0 Å². The van der Waals surface area contributed by atoms with E-state index in [2.05, 4.69) is 4.98 Å². The lowest BCUT2D eigenvalue weighted by atomic mass is 10.2. The van der Waals surface area contributed by atoms with Crippen LogP contribution in [0, 0.1) is 17.5 Å². The van der Waals surface area contributed by atoms with E-state index in [0.29, 0.717) is 20.9 Å². The van der Waals surface area contributed by atoms with E-state index in [-0.39, 0.29) is 23.4 Å². The summed E-state index contributed by atoms with van der Waals surface area (Å²) < 4.78 is 43.3. The number of aromatic nitrogens is 2. The average Bonchev–Trinajstić information content (AvgIpc) is 3.15. The number of benzene rings is 2. The van der Waals surface area contributed by atoms with Gasteiger partial charge in [0.2, 0.25) is 0 Å². The smallest absolute Gasteiger partial charge is 0.272 e. The Labute approximate surface area is 166 Å². The van der Waals surface area contributed by atoms with Crippen LogP contribution in [0.5, 0.6) is 0 Å². The Hall–Kier alpha value is -2.58. The molecule has 0 aliphatic heterocycles. The molecule has 0 aliphatic carbocycles. The van der Waals surface area contributed by atoms with E-state index in [1.54, 1.807) is 29.6 Å². The van der Waals surface area contributed by atoms with Crippen molar-refractivity contribution in [3.05, 3.63) is 92.8 Å². The van der Waals surface area contributed by atoms with Crippen LogP contribution in [0.2, 0.25) is 0 Å². The van der Waals surface area contributed by atoms with Gasteiger partial charge in [-0.15, -0.1) is 11.3 Å². The van der Waals surface area contributed by atoms with Gasteiger partial charge in [-0.05, 0) is 35.7 Å². The third-order valence-electron chi connectivity index (χ3n) is 4.18. The minimum absolute atomic E-state index is 0.000310. The fraction of sp³-hybridized carbons (Fsp3) is 0.100. The molecule has 4 aromatic rings. The van der Waals surface area contributed by atoms with Crippen LogP contribution in [0.25, 0.3) is 10.2 Å². The first-order valence-corrected chi connectivity index (χ1v) is 10.2. The number of halogens is 3. The van der Waals surface area contributed by atoms with Gasteiger partial charge in [0.05, 0.1) is 12.1 Å². The second-order valence-corrected chi connectivity index (χ2v) is 7.90. The van der Waals surface area contributed by atoms with Gasteiger partial charge in [-0.25, -0.2) is 18.2 Å². The molecule has 3 nitrogen and oxygen atoms in total. The third-order valence-corrected chi connectivity index (χ3v) is 6.10. The Morgan fingerprint density at radius 2 is 1.79 bits per heavy atom. The van der Waals surface area contributed by atoms with Gasteiger partial charge in [-0.1, -0.05) is 30.0 Å². The molecule has 0 saturated heterocycles. The highest BCUT2D eigenvalue weighted by Crippen LogP contribution is 2.26. The summed E-state index contributed by atoms with van der Waals surface area (Å²) >= 11 is 2.37. The molecule has 0 bridgehead atoms. The van der Waals surface area contributed by atoms with Gasteiger partial charge in [-0.2, -0.15) is 0 Å². The maximum atomic E-state index is 14.1. The predicted molar refractivity (Wildman–Crippen MR) is 105 cm³/mol. The number of nitrogens with zero attached hydrogens (tertiary/aromatic N) is 2. The largest absolute Gasteiger partial charge is 0.282 e. The molecule has 2 aromatic heterocycles. The Bertz CT molecular complexity index is 1220. The summed E-state index contributed by atoms with van der Waals surface area (Å²) in [6.07, 6.45) is 0. The van der Waals surface area contributed by atoms with Crippen LogP contribution < -0.4 is 5.56 Å². The van der Waals surface area contributed by atoms with Gasteiger partial charge in [0.15, 0.2) is 5.16 Å². The monoisotopic (exact) mass is 418 g/mol. The summed E-state index contributed by atoms with van der Waals surface area (Å²) in [6.45, 7) is 0.000310. The SMILES string of the molecule is O=c1c2sccc2nc(SCc2cc(F)ccc2F)n1Cc1ccccc1F. The zero-order chi connectivity index (χ0) is 19.7. The van der Waals surface area contributed by atoms with Crippen LogP contribution in [0.15, 0.2) is 63.9 Å². The molecule has 0 N–H and O–H groups in total. The van der Waals surface area contributed by atoms with Crippen molar-refractivity contribution < 1.29 is 13.2 Å². The first-order chi connectivity index (χ1) is 13.5. The molecule has 0 aliphatic rings. The number of rotatable bonds is 5. The van der Waals surface area contributed by atoms with E-state index in [0.717, 1.165) is 30.0 Å². The molecule has 0 saturated carbocycles. The minimum Gasteiger partial charge on any atom is -0.282 e. The van der Waals surface area contributed by atoms with Crippen LogP contribution in [0.3, 0.4) is 0 Å². The molecule has 0 atom stereocenters. The van der Waals surface area contributed by atoms with Gasteiger partial charge in [0.1, 0.15) is 22.2 Å². The third kappa shape index (κ3) is 3.70. The number of thioether (sulfide) groups is 1. The molecule has 0 radical (unpaired) electrons. The zero-order valence-corrected chi connectivity index (χ0v) is 16.0. The number of hydrogen-bond donors (Lipinski definition) is 0. The normalized spacial score (nSPS) is 11.2. The Morgan fingerprint density at radius 1 is 1.00 bits per heavy atom. The van der Waals surface area contributed by atoms with E-state index in [1.165, 1.54) is 22.0 Å². The summed E-state index contributed by atoms with van der Waals surface area (Å²) in [5, 5.41) is 2.08. The minimum atomic E-state index is -0.540. The second-order valence-electron chi connectivity index (χ2n) is 6.04. The van der Waals surface area contributed by atoms with Crippen LogP contribution in [0.4, 0.5) is 13.2 Å². The Morgan fingerprint density at radius 3 is 2.61 bits per heavy atom. The highest BCUT2D eigenvalue weighted by Gasteiger charge is 2.15. The zero-order valence-electron chi connectivity index (χ0n) is 14.4. The molecule has 0 amide bonds. The van der Waals surface area contributed by atoms with E-state index in [4.69, 9.17) is 0 Å². The van der Waals surface area contributed by atoms with Gasteiger partial charge >= 0.3 is 0 Å². The first-order valence-electron chi connectivity index (χ1n) is 8.31. The maximum Gasteiger partial charge on any atom is 0.272 e. The average molecular weight is 418 g/mol. The molecular weight excluding hydrogens is 405 g/mol. The Balaban J connectivity index is 1.75. The van der Waals surface area contributed by atoms with Gasteiger partial charge in [0.25, 0.3) is 5.56 Å². The molecule has 0 fully saturated rings. The van der Waals surface area contributed by atoms with Crippen molar-refractivity contribution in [1.82, 2.24) is 9.55 Å². The number of fused-ring (bicyclic) bond motifs is 1. The number of hydrogen-bond acceptors (Lipinski definition) is 4. The molecule has 0 spiro atoms. The lowest BCUT2D eigenvalue weighted by molar-refractivity contribution is 0.579. The van der Waals surface area contributed by atoms with Crippen LogP contribution in [0.1, 0.15) is 11.1 Å². The first kappa shape index (κ1) is 18.8. The van der Waals surface area contributed by atoms with Crippen LogP contribution in [-0.2, 0) is 12.3 Å². The van der Waals surface area contributed by atoms with Crippen molar-refractivity contribution in [2.45, 2.75) is 17.5 Å². The molecule has 8 heteroatoms. The fourth-order valence-corrected chi connectivity index (χ4v) is 4.52. The maximum absolute atomic E-state index is 14.1. The van der Waals surface area contributed by atoms with Gasteiger partial charge in [0, 0.05) is 16.9 Å². The standard InChI is InChI=1S/C20H13F3N2OS2/c21-14-5-6-16(23)13(9-14)11-28-20-24-17-7-8-27-18(17)19(26)25(20)10-12-3-1-2-4-15(12)22/h1-9H,10-11H2. The molecule has 2 heterocycles. The van der Waals surface area contributed by atoms with Crippen LogP contribution >= 0.6 is 23.1 Å². The highest BCUT2D eigenvalue weighted by molar-refractivity contribution is 7.98. The summed E-state index contributed by atoms with van der Waals surface area (Å²) in [5.74, 6) is -1.41. The van der Waals surface area contributed by atoms with Crippen molar-refractivity contribution in [1.29, 1.82) is 0 Å². The van der Waals surface area contributed by atoms with E-state index >= 15 is 0 Å². The quantitative estimate of drug-likeness (QED) is 0.329. The van der Waals surface area contributed by atoms with E-state index < -0.39 is 17.5 Å². The second kappa shape index (κ2) is 7.81. The van der Waals surface area contributed by atoms with Crippen molar-refractivity contribution in [3.63, 3.8) is 0 Å². The van der Waals surface area contributed by atoms with Crippen molar-refractivity contribution in [2.75, 3.05) is 0 Å². The highest BCUT2D eigenvalue weighted by atomic mass is 32.2. The summed E-state index contributed by atoms with van der Waals surface area (Å²) in [5.41, 5.74) is 0.760. The predicted octanol–water partition coefficient (Wildman–Crippen LogP) is 5.22. The summed E-state index contributed by atoms with van der Waals surface area (Å²) in [4.78, 5) is 17.4. The topological polar surface area (TPSA) is 34.9 Å². The summed E-state index contributed by atoms with van der Waals surface area (Å²) in [7, 11) is 0.